The molecular weight excluding hydrogens is 426 g/mol. The summed E-state index contributed by atoms with van der Waals surface area (Å²) in [6.45, 7) is 0. The molecule has 1 N–H and O–H groups in total. The lowest BCUT2D eigenvalue weighted by Crippen LogP contribution is -2.31. The molecule has 2 heterocycles. The molecule has 1 aliphatic rings. The van der Waals surface area contributed by atoms with Crippen LogP contribution in [0.5, 0.6) is 5.75 Å². The summed E-state index contributed by atoms with van der Waals surface area (Å²) in [4.78, 5) is 39.3. The Labute approximate surface area is 189 Å². The number of methoxy groups -OCH3 is 2. The van der Waals surface area contributed by atoms with Gasteiger partial charge in [0.05, 0.1) is 38.5 Å². The average Bonchev–Trinajstić information content (AvgIpc) is 3.47. The topological polar surface area (TPSA) is 106 Å². The van der Waals surface area contributed by atoms with Gasteiger partial charge in [0.25, 0.3) is 5.91 Å². The minimum Gasteiger partial charge on any atom is -0.503 e. The van der Waals surface area contributed by atoms with E-state index in [4.69, 9.17) is 9.15 Å². The first-order valence-corrected chi connectivity index (χ1v) is 10.1. The van der Waals surface area contributed by atoms with E-state index in [0.29, 0.717) is 22.6 Å². The minimum absolute atomic E-state index is 0.00696. The van der Waals surface area contributed by atoms with Crippen LogP contribution in [-0.4, -0.2) is 37.0 Å². The monoisotopic (exact) mass is 447 g/mol. The number of amides is 1. The van der Waals surface area contributed by atoms with Crippen LogP contribution in [0.1, 0.15) is 27.7 Å². The van der Waals surface area contributed by atoms with Crippen molar-refractivity contribution in [3.63, 3.8) is 0 Å². The quantitative estimate of drug-likeness (QED) is 0.434. The molecule has 0 spiro atoms. The van der Waals surface area contributed by atoms with E-state index in [1.54, 1.807) is 54.6 Å². The first-order chi connectivity index (χ1) is 15.9. The molecular formula is C25H21NO7. The van der Waals surface area contributed by atoms with E-state index < -0.39 is 23.5 Å². The Morgan fingerprint density at radius 1 is 1.06 bits per heavy atom. The number of carbonyl (C=O) groups excluding carboxylic acids is 3. The molecule has 3 aromatic rings. The fourth-order valence-electron chi connectivity index (χ4n) is 3.78. The van der Waals surface area contributed by atoms with Gasteiger partial charge in [0.1, 0.15) is 5.75 Å². The third-order valence-corrected chi connectivity index (χ3v) is 5.40. The molecule has 1 atom stereocenters. The minimum atomic E-state index is -0.920. The number of furan rings is 1. The van der Waals surface area contributed by atoms with Crippen LogP contribution in [0.4, 0.5) is 5.69 Å². The highest BCUT2D eigenvalue weighted by Gasteiger charge is 2.45. The molecule has 1 aliphatic heterocycles. The Morgan fingerprint density at radius 3 is 2.45 bits per heavy atom. The maximum atomic E-state index is 13.2. The van der Waals surface area contributed by atoms with E-state index in [1.807, 2.05) is 0 Å². The fourth-order valence-corrected chi connectivity index (χ4v) is 3.78. The first kappa shape index (κ1) is 21.9. The van der Waals surface area contributed by atoms with Crippen LogP contribution in [0.25, 0.3) is 0 Å². The lowest BCUT2D eigenvalue weighted by molar-refractivity contribution is -0.139. The van der Waals surface area contributed by atoms with Crippen LogP contribution in [0.15, 0.2) is 82.7 Å². The summed E-state index contributed by atoms with van der Waals surface area (Å²) in [6, 6.07) is 15.7. The van der Waals surface area contributed by atoms with Crippen LogP contribution in [0.2, 0.25) is 0 Å². The Hall–Kier alpha value is -4.33. The molecule has 0 fully saturated rings. The molecule has 168 valence electrons. The molecule has 4 rings (SSSR count). The summed E-state index contributed by atoms with van der Waals surface area (Å²) in [7, 11) is 2.82. The van der Waals surface area contributed by atoms with Gasteiger partial charge < -0.3 is 19.0 Å². The number of aliphatic hydroxyl groups is 1. The van der Waals surface area contributed by atoms with Crippen molar-refractivity contribution in [3.8, 4) is 5.75 Å². The standard InChI is InChI=1S/C25H21NO7/c1-31-18-6-3-5-16(14-18)22-21(23(28)19-7-4-12-33-19)24(29)25(30)26(22)17-10-8-15(9-11-17)13-20(27)32-2/h3-12,14,22,29H,13H2,1-2H3. The molecule has 8 nitrogen and oxygen atoms in total. The lowest BCUT2D eigenvalue weighted by Gasteiger charge is -2.27. The van der Waals surface area contributed by atoms with Gasteiger partial charge in [-0.2, -0.15) is 0 Å². The molecule has 2 aromatic carbocycles. The number of carbonyl (C=O) groups is 3. The van der Waals surface area contributed by atoms with Crippen molar-refractivity contribution >= 4 is 23.3 Å². The third-order valence-electron chi connectivity index (χ3n) is 5.40. The second-order valence-electron chi connectivity index (χ2n) is 7.34. The number of ether oxygens (including phenoxy) is 2. The second kappa shape index (κ2) is 9.04. The average molecular weight is 447 g/mol. The Balaban J connectivity index is 1.79. The number of hydrogen-bond acceptors (Lipinski definition) is 7. The summed E-state index contributed by atoms with van der Waals surface area (Å²) < 4.78 is 15.2. The molecule has 0 aliphatic carbocycles. The van der Waals surface area contributed by atoms with Gasteiger partial charge in [0, 0.05) is 5.69 Å². The van der Waals surface area contributed by atoms with Crippen LogP contribution in [0, 0.1) is 0 Å². The number of esters is 1. The molecule has 0 radical (unpaired) electrons. The van der Waals surface area contributed by atoms with E-state index in [9.17, 15) is 19.5 Å². The molecule has 33 heavy (non-hydrogen) atoms. The zero-order valence-electron chi connectivity index (χ0n) is 18.0. The molecule has 0 saturated carbocycles. The van der Waals surface area contributed by atoms with E-state index in [-0.39, 0.29) is 23.7 Å². The first-order valence-electron chi connectivity index (χ1n) is 10.1. The van der Waals surface area contributed by atoms with Crippen LogP contribution in [0.3, 0.4) is 0 Å². The van der Waals surface area contributed by atoms with E-state index in [2.05, 4.69) is 4.74 Å². The summed E-state index contributed by atoms with van der Waals surface area (Å²) in [5.74, 6) is -1.82. The number of aliphatic hydroxyl groups excluding tert-OH is 1. The maximum Gasteiger partial charge on any atom is 0.309 e. The van der Waals surface area contributed by atoms with Gasteiger partial charge in [-0.1, -0.05) is 24.3 Å². The summed E-state index contributed by atoms with van der Waals surface area (Å²) >= 11 is 0. The van der Waals surface area contributed by atoms with Crippen LogP contribution >= 0.6 is 0 Å². The highest BCUT2D eigenvalue weighted by Crippen LogP contribution is 2.42. The number of ketones is 1. The zero-order valence-corrected chi connectivity index (χ0v) is 18.0. The van der Waals surface area contributed by atoms with Gasteiger partial charge in [-0.25, -0.2) is 0 Å². The molecule has 0 saturated heterocycles. The van der Waals surface area contributed by atoms with Crippen molar-refractivity contribution in [2.24, 2.45) is 0 Å². The molecule has 8 heteroatoms. The van der Waals surface area contributed by atoms with Crippen LogP contribution in [-0.2, 0) is 20.7 Å². The normalized spacial score (nSPS) is 15.6. The number of hydrogen-bond donors (Lipinski definition) is 1. The Bertz CT molecular complexity index is 1230. The molecule has 1 aromatic heterocycles. The SMILES string of the molecule is COC(=O)Cc1ccc(N2C(=O)C(O)=C(C(=O)c3ccco3)C2c2cccc(OC)c2)cc1. The number of Topliss-reactive ketones (excluding diaryl/α,β-unsaturated/α-hetero) is 1. The second-order valence-corrected chi connectivity index (χ2v) is 7.34. The van der Waals surface area contributed by atoms with Gasteiger partial charge in [-0.05, 0) is 47.5 Å². The number of anilines is 1. The maximum absolute atomic E-state index is 13.2. The number of rotatable bonds is 7. The van der Waals surface area contributed by atoms with Gasteiger partial charge >= 0.3 is 5.97 Å². The predicted molar refractivity (Wildman–Crippen MR) is 118 cm³/mol. The van der Waals surface area contributed by atoms with Gasteiger partial charge in [-0.15, -0.1) is 0 Å². The van der Waals surface area contributed by atoms with E-state index in [0.717, 1.165) is 0 Å². The van der Waals surface area contributed by atoms with Gasteiger partial charge in [-0.3, -0.25) is 19.3 Å². The predicted octanol–water partition coefficient (Wildman–Crippen LogP) is 3.79. The molecule has 0 bridgehead atoms. The highest BCUT2D eigenvalue weighted by atomic mass is 16.5. The van der Waals surface area contributed by atoms with Gasteiger partial charge in [0.2, 0.25) is 5.78 Å². The largest absolute Gasteiger partial charge is 0.503 e. The van der Waals surface area contributed by atoms with E-state index in [1.165, 1.54) is 31.4 Å². The Morgan fingerprint density at radius 2 is 1.82 bits per heavy atom. The molecule has 1 amide bonds. The lowest BCUT2D eigenvalue weighted by atomic mass is 9.94. The fraction of sp³-hybridized carbons (Fsp3) is 0.160. The summed E-state index contributed by atoms with van der Waals surface area (Å²) in [6.07, 6.45) is 1.43. The molecule has 1 unspecified atom stereocenters. The van der Waals surface area contributed by atoms with Crippen molar-refractivity contribution in [1.29, 1.82) is 0 Å². The number of nitrogens with zero attached hydrogens (tertiary/aromatic N) is 1. The summed E-state index contributed by atoms with van der Waals surface area (Å²) in [5.41, 5.74) is 1.61. The smallest absolute Gasteiger partial charge is 0.309 e. The van der Waals surface area contributed by atoms with Crippen molar-refractivity contribution in [2.45, 2.75) is 12.5 Å². The van der Waals surface area contributed by atoms with Crippen molar-refractivity contribution in [2.75, 3.05) is 19.1 Å². The summed E-state index contributed by atoms with van der Waals surface area (Å²) in [5, 5.41) is 10.8. The zero-order chi connectivity index (χ0) is 23.5. The highest BCUT2D eigenvalue weighted by molar-refractivity contribution is 6.20. The Kier molecular flexibility index (Phi) is 5.99. The third kappa shape index (κ3) is 4.10. The van der Waals surface area contributed by atoms with E-state index >= 15 is 0 Å². The van der Waals surface area contributed by atoms with Crippen molar-refractivity contribution in [1.82, 2.24) is 0 Å². The van der Waals surface area contributed by atoms with Gasteiger partial charge in [0.15, 0.2) is 11.5 Å². The van der Waals surface area contributed by atoms with Crippen LogP contribution < -0.4 is 9.64 Å². The van der Waals surface area contributed by atoms with Crippen molar-refractivity contribution in [3.05, 3.63) is 95.1 Å². The number of benzene rings is 2. The van der Waals surface area contributed by atoms with Crippen molar-refractivity contribution < 1.29 is 33.4 Å².